The topological polar surface area (TPSA) is 0 Å². The standard InChI is InChI=1S/3C6H13.Sn/c3*1-5-6(2,3)4;/h3*2,5H2,1,3-4H3;/q;;;+1. The van der Waals surface area contributed by atoms with Crippen LogP contribution in [0.5, 0.6) is 0 Å². The average Bonchev–Trinajstić information content (AvgIpc) is 2.27. The summed E-state index contributed by atoms with van der Waals surface area (Å²) in [7, 11) is 0. The molecule has 0 nitrogen and oxygen atoms in total. The van der Waals surface area contributed by atoms with E-state index in [4.69, 9.17) is 0 Å². The van der Waals surface area contributed by atoms with Gasteiger partial charge in [-0.05, 0) is 0 Å². The number of hydrogen-bond donors (Lipinski definition) is 0. The Kier molecular flexibility index (Phi) is 8.03. The summed E-state index contributed by atoms with van der Waals surface area (Å²) in [6.07, 6.45) is 4.03. The molecule has 0 aromatic heterocycles. The van der Waals surface area contributed by atoms with Crippen molar-refractivity contribution >= 4 is 19.8 Å². The molecule has 0 bridgehead atoms. The monoisotopic (exact) mass is 375 g/mol. The fourth-order valence-corrected chi connectivity index (χ4v) is 17.4. The van der Waals surface area contributed by atoms with Crippen LogP contribution in [-0.4, -0.2) is 19.8 Å². The summed E-state index contributed by atoms with van der Waals surface area (Å²) in [5, 5.41) is 0. The van der Waals surface area contributed by atoms with E-state index in [1.165, 1.54) is 19.3 Å². The zero-order chi connectivity index (χ0) is 15.3. The van der Waals surface area contributed by atoms with Crippen molar-refractivity contribution in [3.05, 3.63) is 0 Å². The van der Waals surface area contributed by atoms with Gasteiger partial charge in [0.1, 0.15) is 0 Å². The summed E-state index contributed by atoms with van der Waals surface area (Å²) in [5.74, 6) is 0. The third-order valence-corrected chi connectivity index (χ3v) is 17.5. The van der Waals surface area contributed by atoms with Crippen LogP contribution in [0.15, 0.2) is 0 Å². The van der Waals surface area contributed by atoms with Crippen LogP contribution in [0.25, 0.3) is 0 Å². The SMILES string of the molecule is CCC(C)(C)[CH2][Sn+]([CH2]C(C)(C)CC)[CH2]C(C)(C)CC. The zero-order valence-electron chi connectivity index (χ0n) is 15.2. The second-order valence-electron chi connectivity index (χ2n) is 8.83. The maximum absolute atomic E-state index is 2.49. The van der Waals surface area contributed by atoms with E-state index >= 15 is 0 Å². The first-order valence-corrected chi connectivity index (χ1v) is 14.4. The molecule has 0 unspecified atom stereocenters. The molecular weight excluding hydrogens is 335 g/mol. The summed E-state index contributed by atoms with van der Waals surface area (Å²) in [4.78, 5) is 0. The summed E-state index contributed by atoms with van der Waals surface area (Å²) < 4.78 is 4.75. The van der Waals surface area contributed by atoms with Gasteiger partial charge in [0.2, 0.25) is 0 Å². The normalized spacial score (nSPS) is 13.7. The van der Waals surface area contributed by atoms with E-state index < -0.39 is 19.8 Å². The molecule has 0 rings (SSSR count). The van der Waals surface area contributed by atoms with Crippen LogP contribution in [0.1, 0.15) is 81.6 Å². The Morgan fingerprint density at radius 2 is 0.737 bits per heavy atom. The van der Waals surface area contributed by atoms with Crippen LogP contribution < -0.4 is 0 Å². The third-order valence-electron chi connectivity index (χ3n) is 5.06. The molecule has 0 aromatic carbocycles. The van der Waals surface area contributed by atoms with E-state index in [0.717, 1.165) is 0 Å². The molecule has 0 aromatic rings. The van der Waals surface area contributed by atoms with Gasteiger partial charge in [0, 0.05) is 0 Å². The Bertz CT molecular complexity index is 208. The van der Waals surface area contributed by atoms with Crippen molar-refractivity contribution in [2.45, 2.75) is 94.9 Å². The first kappa shape index (κ1) is 19.8. The van der Waals surface area contributed by atoms with Crippen LogP contribution in [0, 0.1) is 16.2 Å². The Morgan fingerprint density at radius 3 is 0.895 bits per heavy atom. The van der Waals surface area contributed by atoms with Gasteiger partial charge < -0.3 is 0 Å². The van der Waals surface area contributed by atoms with Gasteiger partial charge in [-0.15, -0.1) is 0 Å². The molecule has 0 aliphatic carbocycles. The van der Waals surface area contributed by atoms with Crippen molar-refractivity contribution in [1.82, 2.24) is 0 Å². The van der Waals surface area contributed by atoms with Crippen molar-refractivity contribution in [2.75, 3.05) is 0 Å². The minimum atomic E-state index is -1.30. The molecule has 0 fully saturated rings. The first-order chi connectivity index (χ1) is 8.47. The predicted octanol–water partition coefficient (Wildman–Crippen LogP) is 6.79. The van der Waals surface area contributed by atoms with E-state index in [1.807, 2.05) is 0 Å². The number of rotatable bonds is 9. The second-order valence-corrected chi connectivity index (χ2v) is 16.1. The fourth-order valence-electron chi connectivity index (χ4n) is 2.59. The van der Waals surface area contributed by atoms with Crippen molar-refractivity contribution in [2.24, 2.45) is 16.2 Å². The Balaban J connectivity index is 4.84. The molecular formula is C18H39Sn+. The quantitative estimate of drug-likeness (QED) is 0.390. The molecule has 19 heavy (non-hydrogen) atoms. The molecule has 114 valence electrons. The summed E-state index contributed by atoms with van der Waals surface area (Å²) in [5.41, 5.74) is 1.76. The Hall–Kier alpha value is 0.799. The fraction of sp³-hybridized carbons (Fsp3) is 1.00. The predicted molar refractivity (Wildman–Crippen MR) is 92.4 cm³/mol. The van der Waals surface area contributed by atoms with Crippen molar-refractivity contribution in [3.8, 4) is 0 Å². The molecule has 1 heteroatoms. The van der Waals surface area contributed by atoms with Crippen LogP contribution in [0.2, 0.25) is 13.3 Å². The van der Waals surface area contributed by atoms with Gasteiger partial charge >= 0.3 is 131 Å². The molecule has 0 N–H and O–H groups in total. The van der Waals surface area contributed by atoms with Crippen LogP contribution in [0.4, 0.5) is 0 Å². The van der Waals surface area contributed by atoms with Crippen molar-refractivity contribution in [1.29, 1.82) is 0 Å². The van der Waals surface area contributed by atoms with Gasteiger partial charge in [-0.1, -0.05) is 0 Å². The van der Waals surface area contributed by atoms with Gasteiger partial charge in [-0.25, -0.2) is 0 Å². The second kappa shape index (κ2) is 7.71. The van der Waals surface area contributed by atoms with E-state index in [9.17, 15) is 0 Å². The van der Waals surface area contributed by atoms with E-state index in [2.05, 4.69) is 62.3 Å². The molecule has 0 radical (unpaired) electrons. The minimum absolute atomic E-state index is 0.586. The maximum atomic E-state index is 2.49. The molecule has 0 heterocycles. The van der Waals surface area contributed by atoms with Crippen LogP contribution in [0.3, 0.4) is 0 Å². The Labute approximate surface area is 130 Å². The summed E-state index contributed by atoms with van der Waals surface area (Å²) in [6, 6.07) is 0. The van der Waals surface area contributed by atoms with E-state index in [1.54, 1.807) is 13.3 Å². The van der Waals surface area contributed by atoms with E-state index in [0.29, 0.717) is 16.2 Å². The molecule has 0 saturated heterocycles. The first-order valence-electron chi connectivity index (χ1n) is 8.30. The molecule has 0 aliphatic rings. The zero-order valence-corrected chi connectivity index (χ0v) is 18.1. The van der Waals surface area contributed by atoms with Crippen LogP contribution >= 0.6 is 0 Å². The summed E-state index contributed by atoms with van der Waals surface area (Å²) in [6.45, 7) is 22.1. The van der Waals surface area contributed by atoms with Crippen LogP contribution in [-0.2, 0) is 0 Å². The molecule has 0 amide bonds. The van der Waals surface area contributed by atoms with Gasteiger partial charge in [0.25, 0.3) is 0 Å². The molecule has 0 saturated carbocycles. The number of hydrogen-bond acceptors (Lipinski definition) is 0. The van der Waals surface area contributed by atoms with Gasteiger partial charge in [0.15, 0.2) is 0 Å². The molecule has 0 aliphatic heterocycles. The van der Waals surface area contributed by atoms with Crippen molar-refractivity contribution < 1.29 is 0 Å². The third kappa shape index (κ3) is 8.63. The van der Waals surface area contributed by atoms with Crippen molar-refractivity contribution in [3.63, 3.8) is 0 Å². The average molecular weight is 374 g/mol. The van der Waals surface area contributed by atoms with E-state index in [-0.39, 0.29) is 0 Å². The molecule has 0 spiro atoms. The van der Waals surface area contributed by atoms with Gasteiger partial charge in [-0.3, -0.25) is 0 Å². The van der Waals surface area contributed by atoms with Gasteiger partial charge in [-0.2, -0.15) is 0 Å². The van der Waals surface area contributed by atoms with Gasteiger partial charge in [0.05, 0.1) is 0 Å². The summed E-state index contributed by atoms with van der Waals surface area (Å²) >= 11 is -1.30. The Morgan fingerprint density at radius 1 is 0.526 bits per heavy atom. The molecule has 0 atom stereocenters.